The molecule has 0 amide bonds. The Bertz CT molecular complexity index is 585. The normalized spacial score (nSPS) is 11.4. The Balaban J connectivity index is 2.35. The van der Waals surface area contributed by atoms with Crippen molar-refractivity contribution in [3.63, 3.8) is 0 Å². The van der Waals surface area contributed by atoms with Crippen LogP contribution in [0.25, 0.3) is 0 Å². The highest BCUT2D eigenvalue weighted by Gasteiger charge is 2.21. The first kappa shape index (κ1) is 14.4. The van der Waals surface area contributed by atoms with E-state index in [-0.39, 0.29) is 11.5 Å². The summed E-state index contributed by atoms with van der Waals surface area (Å²) in [6.45, 7) is 6.64. The van der Waals surface area contributed by atoms with E-state index in [2.05, 4.69) is 25.8 Å². The van der Waals surface area contributed by atoms with E-state index in [0.717, 1.165) is 11.3 Å². The molecule has 20 heavy (non-hydrogen) atoms. The number of nitrogens with zero attached hydrogens (tertiary/aromatic N) is 1. The van der Waals surface area contributed by atoms with Gasteiger partial charge in [0.05, 0.1) is 12.8 Å². The van der Waals surface area contributed by atoms with Gasteiger partial charge in [-0.25, -0.2) is 0 Å². The van der Waals surface area contributed by atoms with E-state index in [1.807, 2.05) is 18.2 Å². The van der Waals surface area contributed by atoms with Gasteiger partial charge in [0.1, 0.15) is 17.8 Å². The maximum absolute atomic E-state index is 5.73. The Kier molecular flexibility index (Phi) is 3.99. The molecule has 108 valence electrons. The summed E-state index contributed by atoms with van der Waals surface area (Å²) in [6.07, 6.45) is 1.69. The lowest BCUT2D eigenvalue weighted by Crippen LogP contribution is -2.12. The molecule has 0 radical (unpaired) electrons. The lowest BCUT2D eigenvalue weighted by molar-refractivity contribution is 0.322. The van der Waals surface area contributed by atoms with Crippen LogP contribution >= 0.6 is 0 Å². The first-order valence-corrected chi connectivity index (χ1v) is 6.45. The third-order valence-corrected chi connectivity index (χ3v) is 2.93. The standard InChI is InChI=1S/C15H20N2O3/c1-15(2,3)12-7-11(18-4)5-6-13(12)20-14-17-10(8-16)9-19-14/h5-7,9H,8,16H2,1-4H3. The maximum Gasteiger partial charge on any atom is 0.399 e. The molecule has 0 atom stereocenters. The molecule has 1 heterocycles. The zero-order valence-electron chi connectivity index (χ0n) is 12.3. The van der Waals surface area contributed by atoms with E-state index in [0.29, 0.717) is 18.0 Å². The molecule has 0 aliphatic heterocycles. The van der Waals surface area contributed by atoms with E-state index in [1.165, 1.54) is 6.26 Å². The van der Waals surface area contributed by atoms with Crippen LogP contribution < -0.4 is 15.2 Å². The third kappa shape index (κ3) is 3.11. The van der Waals surface area contributed by atoms with E-state index < -0.39 is 0 Å². The van der Waals surface area contributed by atoms with Crippen molar-refractivity contribution in [3.05, 3.63) is 35.7 Å². The van der Waals surface area contributed by atoms with Crippen LogP contribution in [0, 0.1) is 0 Å². The summed E-state index contributed by atoms with van der Waals surface area (Å²) in [5.74, 6) is 1.49. The molecule has 0 fully saturated rings. The second-order valence-corrected chi connectivity index (χ2v) is 5.52. The van der Waals surface area contributed by atoms with Crippen LogP contribution in [0.5, 0.6) is 17.6 Å². The largest absolute Gasteiger partial charge is 0.497 e. The Morgan fingerprint density at radius 3 is 2.60 bits per heavy atom. The second kappa shape index (κ2) is 5.54. The third-order valence-electron chi connectivity index (χ3n) is 2.93. The molecule has 2 N–H and O–H groups in total. The highest BCUT2D eigenvalue weighted by Crippen LogP contribution is 2.36. The van der Waals surface area contributed by atoms with Gasteiger partial charge in [0.2, 0.25) is 0 Å². The van der Waals surface area contributed by atoms with Gasteiger partial charge in [-0.3, -0.25) is 0 Å². The molecule has 1 aromatic carbocycles. The van der Waals surface area contributed by atoms with Gasteiger partial charge in [-0.15, -0.1) is 0 Å². The molecule has 0 aliphatic carbocycles. The number of nitrogens with two attached hydrogens (primary N) is 1. The summed E-state index contributed by atoms with van der Waals surface area (Å²) in [7, 11) is 1.64. The smallest absolute Gasteiger partial charge is 0.399 e. The molecule has 5 nitrogen and oxygen atoms in total. The van der Waals surface area contributed by atoms with Gasteiger partial charge >= 0.3 is 6.08 Å². The van der Waals surface area contributed by atoms with Gasteiger partial charge in [-0.05, 0) is 23.6 Å². The summed E-state index contributed by atoms with van der Waals surface area (Å²) in [4.78, 5) is 4.14. The van der Waals surface area contributed by atoms with Crippen LogP contribution in [0.1, 0.15) is 32.0 Å². The van der Waals surface area contributed by atoms with Gasteiger partial charge in [0.25, 0.3) is 0 Å². The molecule has 1 aromatic heterocycles. The molecule has 0 spiro atoms. The summed E-state index contributed by atoms with van der Waals surface area (Å²) < 4.78 is 16.2. The molecule has 2 rings (SSSR count). The maximum atomic E-state index is 5.73. The van der Waals surface area contributed by atoms with Gasteiger partial charge < -0.3 is 19.6 Å². The van der Waals surface area contributed by atoms with Gasteiger partial charge in [0, 0.05) is 12.1 Å². The fourth-order valence-electron chi connectivity index (χ4n) is 1.83. The van der Waals surface area contributed by atoms with Crippen LogP contribution in [-0.4, -0.2) is 12.1 Å². The zero-order chi connectivity index (χ0) is 14.8. The Morgan fingerprint density at radius 1 is 1.30 bits per heavy atom. The second-order valence-electron chi connectivity index (χ2n) is 5.52. The minimum absolute atomic E-state index is 0.0901. The molecule has 5 heteroatoms. The summed E-state index contributed by atoms with van der Waals surface area (Å²) in [5.41, 5.74) is 7.08. The Labute approximate surface area is 118 Å². The molecule has 0 saturated carbocycles. The lowest BCUT2D eigenvalue weighted by Gasteiger charge is -2.22. The number of hydrogen-bond acceptors (Lipinski definition) is 5. The van der Waals surface area contributed by atoms with Crippen molar-refractivity contribution in [2.24, 2.45) is 5.73 Å². The summed E-state index contributed by atoms with van der Waals surface area (Å²) in [5, 5.41) is 0. The number of aromatic nitrogens is 1. The van der Waals surface area contributed by atoms with Crippen molar-refractivity contribution in [2.75, 3.05) is 7.11 Å². The molecule has 2 aromatic rings. The van der Waals surface area contributed by atoms with E-state index >= 15 is 0 Å². The number of rotatable bonds is 4. The average Bonchev–Trinajstić information content (AvgIpc) is 2.85. The monoisotopic (exact) mass is 276 g/mol. The van der Waals surface area contributed by atoms with Crippen LogP contribution in [0.4, 0.5) is 0 Å². The number of methoxy groups -OCH3 is 1. The predicted molar refractivity (Wildman–Crippen MR) is 76.2 cm³/mol. The first-order valence-electron chi connectivity index (χ1n) is 6.45. The fraction of sp³-hybridized carbons (Fsp3) is 0.400. The molecule has 0 bridgehead atoms. The van der Waals surface area contributed by atoms with Crippen molar-refractivity contribution in [1.82, 2.24) is 4.98 Å². The van der Waals surface area contributed by atoms with Crippen LogP contribution in [0.15, 0.2) is 28.9 Å². The first-order chi connectivity index (χ1) is 9.44. The lowest BCUT2D eigenvalue weighted by atomic mass is 9.86. The average molecular weight is 276 g/mol. The Morgan fingerprint density at radius 2 is 2.05 bits per heavy atom. The SMILES string of the molecule is COc1ccc(Oc2nc(CN)co2)c(C(C)(C)C)c1. The molecule has 0 aliphatic rings. The number of benzene rings is 1. The van der Waals surface area contributed by atoms with Gasteiger partial charge in [0.15, 0.2) is 0 Å². The summed E-state index contributed by atoms with van der Waals surface area (Å²) in [6, 6.07) is 5.66. The topological polar surface area (TPSA) is 70.5 Å². The van der Waals surface area contributed by atoms with Crippen molar-refractivity contribution >= 4 is 0 Å². The van der Waals surface area contributed by atoms with Crippen LogP contribution in [0.2, 0.25) is 0 Å². The molecule has 0 unspecified atom stereocenters. The van der Waals surface area contributed by atoms with Crippen molar-refractivity contribution in [3.8, 4) is 17.6 Å². The van der Waals surface area contributed by atoms with E-state index in [1.54, 1.807) is 7.11 Å². The number of oxazole rings is 1. The van der Waals surface area contributed by atoms with Gasteiger partial charge in [-0.2, -0.15) is 4.98 Å². The van der Waals surface area contributed by atoms with Crippen molar-refractivity contribution in [1.29, 1.82) is 0 Å². The van der Waals surface area contributed by atoms with E-state index in [4.69, 9.17) is 19.6 Å². The van der Waals surface area contributed by atoms with Crippen molar-refractivity contribution in [2.45, 2.75) is 32.7 Å². The fourth-order valence-corrected chi connectivity index (χ4v) is 1.83. The van der Waals surface area contributed by atoms with Crippen LogP contribution in [-0.2, 0) is 12.0 Å². The Hall–Kier alpha value is -2.01. The minimum Gasteiger partial charge on any atom is -0.497 e. The van der Waals surface area contributed by atoms with Crippen LogP contribution in [0.3, 0.4) is 0 Å². The molecular formula is C15H20N2O3. The highest BCUT2D eigenvalue weighted by atomic mass is 16.6. The van der Waals surface area contributed by atoms with Crippen molar-refractivity contribution < 1.29 is 13.9 Å². The van der Waals surface area contributed by atoms with Gasteiger partial charge in [-0.1, -0.05) is 20.8 Å². The zero-order valence-corrected chi connectivity index (χ0v) is 12.3. The number of ether oxygens (including phenoxy) is 2. The predicted octanol–water partition coefficient (Wildman–Crippen LogP) is 3.23. The minimum atomic E-state index is -0.0901. The number of hydrogen-bond donors (Lipinski definition) is 1. The summed E-state index contributed by atoms with van der Waals surface area (Å²) >= 11 is 0. The molecule has 0 saturated heterocycles. The van der Waals surface area contributed by atoms with E-state index in [9.17, 15) is 0 Å². The quantitative estimate of drug-likeness (QED) is 0.928. The molecular weight excluding hydrogens is 256 g/mol. The highest BCUT2D eigenvalue weighted by molar-refractivity contribution is 5.45.